The summed E-state index contributed by atoms with van der Waals surface area (Å²) in [6, 6.07) is 41.3. The summed E-state index contributed by atoms with van der Waals surface area (Å²) in [5, 5.41) is 13.8. The molecule has 6 nitrogen and oxygen atoms in total. The van der Waals surface area contributed by atoms with Crippen molar-refractivity contribution >= 4 is 35.4 Å². The van der Waals surface area contributed by atoms with Gasteiger partial charge >= 0.3 is 5.97 Å². The molecule has 6 heteroatoms. The van der Waals surface area contributed by atoms with E-state index in [0.29, 0.717) is 17.0 Å². The number of carboxylic acids is 1. The number of carbonyl (C=O) groups is 2. The highest BCUT2D eigenvalue weighted by molar-refractivity contribution is 6.18. The van der Waals surface area contributed by atoms with Crippen molar-refractivity contribution < 1.29 is 14.7 Å². The van der Waals surface area contributed by atoms with E-state index < -0.39 is 11.5 Å². The molecular weight excluding hydrogens is 558 g/mol. The van der Waals surface area contributed by atoms with Crippen molar-refractivity contribution in [2.75, 3.05) is 5.32 Å². The molecule has 45 heavy (non-hydrogen) atoms. The first kappa shape index (κ1) is 30.6. The van der Waals surface area contributed by atoms with Crippen LogP contribution < -0.4 is 5.32 Å². The number of amides is 1. The minimum Gasteiger partial charge on any atom is -0.479 e. The highest BCUT2D eigenvalue weighted by Gasteiger charge is 2.37. The third-order valence-electron chi connectivity index (χ3n) is 7.23. The van der Waals surface area contributed by atoms with Gasteiger partial charge in [0.15, 0.2) is 5.54 Å². The van der Waals surface area contributed by atoms with E-state index in [0.717, 1.165) is 16.7 Å². The van der Waals surface area contributed by atoms with Crippen LogP contribution in [0.15, 0.2) is 157 Å². The van der Waals surface area contributed by atoms with Gasteiger partial charge in [0.25, 0.3) is 5.91 Å². The Labute approximate surface area is 263 Å². The second-order valence-corrected chi connectivity index (χ2v) is 10.4. The first-order valence-electron chi connectivity index (χ1n) is 14.7. The summed E-state index contributed by atoms with van der Waals surface area (Å²) in [4.78, 5) is 35.7. The van der Waals surface area contributed by atoms with Crippen LogP contribution in [-0.2, 0) is 4.79 Å². The number of para-hydroxylation sites is 1. The first-order chi connectivity index (χ1) is 22.0. The lowest BCUT2D eigenvalue weighted by molar-refractivity contribution is -0.142. The quantitative estimate of drug-likeness (QED) is 0.143. The zero-order chi connectivity index (χ0) is 31.3. The Hall–Kier alpha value is -5.88. The van der Waals surface area contributed by atoms with E-state index in [1.807, 2.05) is 133 Å². The fraction of sp³-hybridized carbons (Fsp3) is 0.0769. The number of rotatable bonds is 12. The number of anilines is 1. The number of hydrogen-bond donors (Lipinski definition) is 2. The third kappa shape index (κ3) is 8.15. The van der Waals surface area contributed by atoms with Gasteiger partial charge in [-0.15, -0.1) is 0 Å². The molecule has 0 spiro atoms. The summed E-state index contributed by atoms with van der Waals surface area (Å²) in [7, 11) is 0. The molecular formula is C39H33N3O3. The van der Waals surface area contributed by atoms with Crippen LogP contribution in [-0.4, -0.2) is 33.2 Å². The van der Waals surface area contributed by atoms with Crippen molar-refractivity contribution in [2.45, 2.75) is 18.4 Å². The zero-order valence-electron chi connectivity index (χ0n) is 24.7. The van der Waals surface area contributed by atoms with Gasteiger partial charge in [-0.05, 0) is 29.3 Å². The molecule has 0 unspecified atom stereocenters. The van der Waals surface area contributed by atoms with Gasteiger partial charge < -0.3 is 10.4 Å². The van der Waals surface area contributed by atoms with E-state index in [2.05, 4.69) is 10.3 Å². The van der Waals surface area contributed by atoms with Gasteiger partial charge in [0.05, 0.1) is 11.4 Å². The van der Waals surface area contributed by atoms with Crippen molar-refractivity contribution in [3.05, 3.63) is 180 Å². The van der Waals surface area contributed by atoms with Crippen LogP contribution in [0.3, 0.4) is 0 Å². The fourth-order valence-electron chi connectivity index (χ4n) is 4.88. The third-order valence-corrected chi connectivity index (χ3v) is 7.23. The molecule has 1 aromatic heterocycles. The van der Waals surface area contributed by atoms with E-state index in [4.69, 9.17) is 4.99 Å². The summed E-state index contributed by atoms with van der Waals surface area (Å²) in [5.41, 5.74) is 2.91. The maximum Gasteiger partial charge on any atom is 0.332 e. The zero-order valence-corrected chi connectivity index (χ0v) is 24.7. The van der Waals surface area contributed by atoms with Crippen LogP contribution >= 0.6 is 0 Å². The second-order valence-electron chi connectivity index (χ2n) is 10.4. The summed E-state index contributed by atoms with van der Waals surface area (Å²) in [6.07, 6.45) is 9.38. The Kier molecular flexibility index (Phi) is 10.2. The van der Waals surface area contributed by atoms with Crippen LogP contribution in [0.2, 0.25) is 0 Å². The molecule has 0 aliphatic heterocycles. The second kappa shape index (κ2) is 15.0. The van der Waals surface area contributed by atoms with Gasteiger partial charge in [-0.2, -0.15) is 0 Å². The molecule has 0 aliphatic carbocycles. The van der Waals surface area contributed by atoms with E-state index in [-0.39, 0.29) is 24.4 Å². The molecule has 5 rings (SSSR count). The maximum atomic E-state index is 13.3. The predicted octanol–water partition coefficient (Wildman–Crippen LogP) is 8.20. The van der Waals surface area contributed by atoms with E-state index >= 15 is 0 Å². The topological polar surface area (TPSA) is 91.7 Å². The molecule has 1 heterocycles. The van der Waals surface area contributed by atoms with Gasteiger partial charge in [0.2, 0.25) is 0 Å². The van der Waals surface area contributed by atoms with Crippen molar-refractivity contribution in [2.24, 2.45) is 4.99 Å². The lowest BCUT2D eigenvalue weighted by Crippen LogP contribution is -2.37. The molecule has 0 saturated carbocycles. The average Bonchev–Trinajstić information content (AvgIpc) is 3.09. The Balaban J connectivity index is 1.62. The molecule has 1 amide bonds. The number of aliphatic imine (C=N–C) groups is 1. The summed E-state index contributed by atoms with van der Waals surface area (Å²) in [5.74, 6) is -1.43. The minimum atomic E-state index is -1.56. The maximum absolute atomic E-state index is 13.3. The Bertz CT molecular complexity index is 1750. The van der Waals surface area contributed by atoms with Gasteiger partial charge in [0, 0.05) is 30.2 Å². The standard InChI is InChI=1S/C39H33N3O3/c43-37(35-26-12-13-29-40-35)41-34-25-11-10-24-33(34)36(32-22-8-3-9-23-32)42-39(38(44)45,27-14-20-30-16-4-1-5-17-30)28-15-21-31-18-6-2-7-19-31/h1-26,29H,27-28H2,(H,41,43)(H,44,45)/b20-14+,21-15+,42-36?. The minimum absolute atomic E-state index is 0.134. The molecule has 0 atom stereocenters. The molecule has 222 valence electrons. The van der Waals surface area contributed by atoms with Crippen molar-refractivity contribution in [3.8, 4) is 0 Å². The van der Waals surface area contributed by atoms with Gasteiger partial charge in [0.1, 0.15) is 5.69 Å². The summed E-state index contributed by atoms with van der Waals surface area (Å²) < 4.78 is 0. The van der Waals surface area contributed by atoms with Gasteiger partial charge in [-0.3, -0.25) is 14.8 Å². The molecule has 2 N–H and O–H groups in total. The number of carbonyl (C=O) groups excluding carboxylic acids is 1. The van der Waals surface area contributed by atoms with Crippen LogP contribution in [0, 0.1) is 0 Å². The first-order valence-corrected chi connectivity index (χ1v) is 14.7. The molecule has 0 aliphatic rings. The van der Waals surface area contributed by atoms with E-state index in [1.54, 1.807) is 30.5 Å². The Morgan fingerprint density at radius 1 is 0.689 bits per heavy atom. The largest absolute Gasteiger partial charge is 0.479 e. The normalized spacial score (nSPS) is 12.0. The van der Waals surface area contributed by atoms with E-state index in [9.17, 15) is 14.7 Å². The van der Waals surface area contributed by atoms with E-state index in [1.165, 1.54) is 0 Å². The number of aromatic nitrogens is 1. The Morgan fingerprint density at radius 3 is 1.78 bits per heavy atom. The van der Waals surface area contributed by atoms with Gasteiger partial charge in [-0.1, -0.05) is 140 Å². The number of nitrogens with one attached hydrogen (secondary N) is 1. The number of carboxylic acid groups (broad SMARTS) is 1. The predicted molar refractivity (Wildman–Crippen MR) is 181 cm³/mol. The van der Waals surface area contributed by atoms with Gasteiger partial charge in [-0.25, -0.2) is 4.79 Å². The lowest BCUT2D eigenvalue weighted by Gasteiger charge is -2.25. The highest BCUT2D eigenvalue weighted by Crippen LogP contribution is 2.29. The number of benzene rings is 4. The fourth-order valence-corrected chi connectivity index (χ4v) is 4.88. The van der Waals surface area contributed by atoms with Crippen LogP contribution in [0.4, 0.5) is 5.69 Å². The SMILES string of the molecule is O=C(Nc1ccccc1C(=NC(C/C=C/c1ccccc1)(C/C=C/c1ccccc1)C(=O)O)c1ccccc1)c1ccccn1. The van der Waals surface area contributed by atoms with Crippen LogP contribution in [0.25, 0.3) is 12.2 Å². The Morgan fingerprint density at radius 2 is 1.22 bits per heavy atom. The highest BCUT2D eigenvalue weighted by atomic mass is 16.4. The van der Waals surface area contributed by atoms with Crippen molar-refractivity contribution in [1.29, 1.82) is 0 Å². The number of aliphatic carboxylic acids is 1. The van der Waals surface area contributed by atoms with Crippen LogP contribution in [0.1, 0.15) is 45.6 Å². The molecule has 0 bridgehead atoms. The number of pyridine rings is 1. The lowest BCUT2D eigenvalue weighted by atomic mass is 9.89. The smallest absolute Gasteiger partial charge is 0.332 e. The number of hydrogen-bond acceptors (Lipinski definition) is 4. The van der Waals surface area contributed by atoms with Crippen molar-refractivity contribution in [3.63, 3.8) is 0 Å². The van der Waals surface area contributed by atoms with Crippen molar-refractivity contribution in [1.82, 2.24) is 4.98 Å². The summed E-state index contributed by atoms with van der Waals surface area (Å²) >= 11 is 0. The monoisotopic (exact) mass is 591 g/mol. The summed E-state index contributed by atoms with van der Waals surface area (Å²) in [6.45, 7) is 0. The van der Waals surface area contributed by atoms with Crippen LogP contribution in [0.5, 0.6) is 0 Å². The molecule has 0 fully saturated rings. The molecule has 0 radical (unpaired) electrons. The molecule has 0 saturated heterocycles. The molecule has 5 aromatic rings. The molecule has 4 aromatic carbocycles. The number of nitrogens with zero attached hydrogens (tertiary/aromatic N) is 2. The average molecular weight is 592 g/mol.